The van der Waals surface area contributed by atoms with Crippen LogP contribution in [0.5, 0.6) is 0 Å². The van der Waals surface area contributed by atoms with Gasteiger partial charge in [0.05, 0.1) is 45.1 Å². The lowest BCUT2D eigenvalue weighted by atomic mass is 9.98. The standard InChI is InChI=1S/C38H39N5O4.HI/c1-26-13-15-28(16-14-26)31-9-5-6-10-32(31)37(46)39-30-19-17-29(18-20-30)38(47)41-22-21-36(45)42(34-12-8-7-11-33(34)41)40-23-24-43(3,4)35(25-40)27(2)44;/h5-20,35H,21-25H2,1-4H3;1H. The number of para-hydroxylation sites is 2. The van der Waals surface area contributed by atoms with Crippen molar-refractivity contribution in [2.24, 2.45) is 0 Å². The van der Waals surface area contributed by atoms with Gasteiger partial charge in [-0.1, -0.05) is 60.2 Å². The van der Waals surface area contributed by atoms with Crippen LogP contribution in [0.25, 0.3) is 11.1 Å². The zero-order valence-electron chi connectivity index (χ0n) is 27.7. The summed E-state index contributed by atoms with van der Waals surface area (Å²) in [5.41, 5.74) is 5.75. The number of fused-ring (bicyclic) bond motifs is 1. The summed E-state index contributed by atoms with van der Waals surface area (Å²) in [5, 5.41) is 6.60. The molecule has 0 aromatic heterocycles. The van der Waals surface area contributed by atoms with Crippen LogP contribution in [-0.2, 0) is 9.59 Å². The number of hydrogen-bond donors (Lipinski definition) is 1. The smallest absolute Gasteiger partial charge is 0.258 e. The predicted octanol–water partition coefficient (Wildman–Crippen LogP) is 2.57. The van der Waals surface area contributed by atoms with E-state index < -0.39 is 0 Å². The first-order valence-electron chi connectivity index (χ1n) is 15.9. The number of Topliss-reactive ketones (excluding diaryl/α,β-unsaturated/α-hetero) is 1. The van der Waals surface area contributed by atoms with Crippen LogP contribution in [0.4, 0.5) is 17.1 Å². The van der Waals surface area contributed by atoms with Crippen molar-refractivity contribution < 1.29 is 47.6 Å². The number of anilines is 3. The molecule has 1 unspecified atom stereocenters. The van der Waals surface area contributed by atoms with E-state index in [0.717, 1.165) is 16.7 Å². The van der Waals surface area contributed by atoms with Gasteiger partial charge in [-0.15, -0.1) is 0 Å². The Hall–Kier alpha value is -4.39. The Balaban J connectivity index is 0.00000451. The maximum Gasteiger partial charge on any atom is 0.258 e. The number of likely N-dealkylation sites (N-methyl/N-ethyl adjacent to an activating group) is 1. The van der Waals surface area contributed by atoms with Gasteiger partial charge in [0.15, 0.2) is 11.8 Å². The Kier molecular flexibility index (Phi) is 10.5. The molecule has 1 fully saturated rings. The minimum absolute atomic E-state index is 0. The molecule has 3 amide bonds. The zero-order chi connectivity index (χ0) is 33.3. The molecule has 1 N–H and O–H groups in total. The molecule has 1 saturated heterocycles. The number of ketones is 1. The maximum atomic E-state index is 14.0. The average Bonchev–Trinajstić information content (AvgIpc) is 3.21. The molecule has 0 bridgehead atoms. The molecule has 0 radical (unpaired) electrons. The van der Waals surface area contributed by atoms with Crippen LogP contribution in [-0.4, -0.2) is 79.3 Å². The van der Waals surface area contributed by atoms with Crippen LogP contribution in [0.2, 0.25) is 0 Å². The zero-order valence-corrected chi connectivity index (χ0v) is 29.8. The molecule has 48 heavy (non-hydrogen) atoms. The normalized spacial score (nSPS) is 17.5. The van der Waals surface area contributed by atoms with Crippen LogP contribution < -0.4 is 39.2 Å². The molecule has 248 valence electrons. The first kappa shape index (κ1) is 34.9. The van der Waals surface area contributed by atoms with Gasteiger partial charge in [0.1, 0.15) is 0 Å². The average molecular weight is 758 g/mol. The van der Waals surface area contributed by atoms with E-state index in [1.54, 1.807) is 47.2 Å². The number of benzene rings is 4. The highest BCUT2D eigenvalue weighted by molar-refractivity contribution is 6.12. The Morgan fingerprint density at radius 2 is 1.46 bits per heavy atom. The summed E-state index contributed by atoms with van der Waals surface area (Å²) in [6.45, 7) is 5.57. The first-order valence-corrected chi connectivity index (χ1v) is 15.9. The number of carbonyl (C=O) groups is 4. The highest BCUT2D eigenvalue weighted by Crippen LogP contribution is 2.36. The Morgan fingerprint density at radius 3 is 2.15 bits per heavy atom. The summed E-state index contributed by atoms with van der Waals surface area (Å²) in [5.74, 6) is -0.520. The molecule has 10 heteroatoms. The van der Waals surface area contributed by atoms with E-state index in [1.807, 2.05) is 92.8 Å². The molecule has 0 spiro atoms. The van der Waals surface area contributed by atoms with Crippen LogP contribution in [0, 0.1) is 6.92 Å². The van der Waals surface area contributed by atoms with Gasteiger partial charge in [-0.05, 0) is 60.5 Å². The third-order valence-corrected chi connectivity index (χ3v) is 9.27. The van der Waals surface area contributed by atoms with Crippen LogP contribution in [0.15, 0.2) is 97.1 Å². The van der Waals surface area contributed by atoms with Gasteiger partial charge in [0, 0.05) is 36.7 Å². The third kappa shape index (κ3) is 7.06. The fraction of sp³-hybridized carbons (Fsp3) is 0.263. The summed E-state index contributed by atoms with van der Waals surface area (Å²) in [4.78, 5) is 55.1. The van der Waals surface area contributed by atoms with Crippen molar-refractivity contribution in [3.63, 3.8) is 0 Å². The number of amides is 3. The molecule has 2 aliphatic heterocycles. The fourth-order valence-corrected chi connectivity index (χ4v) is 6.52. The van der Waals surface area contributed by atoms with Crippen molar-refractivity contribution in [1.82, 2.24) is 5.01 Å². The fourth-order valence-electron chi connectivity index (χ4n) is 6.52. The third-order valence-electron chi connectivity index (χ3n) is 9.27. The minimum Gasteiger partial charge on any atom is -1.00 e. The number of rotatable bonds is 6. The summed E-state index contributed by atoms with van der Waals surface area (Å²) in [6.07, 6.45) is 0.133. The topological polar surface area (TPSA) is 90.0 Å². The lowest BCUT2D eigenvalue weighted by Crippen LogP contribution is -3.00. The summed E-state index contributed by atoms with van der Waals surface area (Å²) in [7, 11) is 4.09. The lowest BCUT2D eigenvalue weighted by molar-refractivity contribution is -0.910. The molecule has 1 atom stereocenters. The van der Waals surface area contributed by atoms with Gasteiger partial charge < -0.3 is 38.7 Å². The van der Waals surface area contributed by atoms with Gasteiger partial charge in [-0.3, -0.25) is 19.2 Å². The van der Waals surface area contributed by atoms with E-state index >= 15 is 0 Å². The van der Waals surface area contributed by atoms with Crippen molar-refractivity contribution >= 4 is 40.6 Å². The van der Waals surface area contributed by atoms with Gasteiger partial charge >= 0.3 is 0 Å². The number of hydrazine groups is 1. The van der Waals surface area contributed by atoms with Crippen LogP contribution >= 0.6 is 0 Å². The number of quaternary nitrogens is 1. The number of carbonyl (C=O) groups excluding carboxylic acids is 4. The molecule has 2 aliphatic rings. The molecule has 4 aromatic rings. The van der Waals surface area contributed by atoms with Gasteiger partial charge in [-0.25, -0.2) is 10.0 Å². The molecule has 4 aromatic carbocycles. The number of hydrogen-bond acceptors (Lipinski definition) is 5. The summed E-state index contributed by atoms with van der Waals surface area (Å²) in [6, 6.07) is 29.5. The molecule has 9 nitrogen and oxygen atoms in total. The van der Waals surface area contributed by atoms with Crippen molar-refractivity contribution in [2.45, 2.75) is 26.3 Å². The van der Waals surface area contributed by atoms with Crippen molar-refractivity contribution in [2.75, 3.05) is 55.5 Å². The minimum atomic E-state index is -0.264. The molecule has 0 saturated carbocycles. The Bertz CT molecular complexity index is 1840. The van der Waals surface area contributed by atoms with Crippen molar-refractivity contribution in [1.29, 1.82) is 0 Å². The summed E-state index contributed by atoms with van der Waals surface area (Å²) < 4.78 is 0.565. The Labute approximate surface area is 298 Å². The second kappa shape index (κ2) is 14.4. The molecule has 0 aliphatic carbocycles. The SMILES string of the molecule is CC(=O)C1CN(N2C(=O)CCN(C(=O)c3ccc(NC(=O)c4ccccc4-c4ccc(C)cc4)cc3)c3ccccc32)CC[N+]1(C)C.[I-]. The largest absolute Gasteiger partial charge is 1.00 e. The van der Waals surface area contributed by atoms with E-state index in [-0.39, 0.29) is 66.5 Å². The van der Waals surface area contributed by atoms with Gasteiger partial charge in [0.25, 0.3) is 11.8 Å². The maximum absolute atomic E-state index is 14.0. The summed E-state index contributed by atoms with van der Waals surface area (Å²) >= 11 is 0. The number of nitrogens with one attached hydrogen (secondary N) is 1. The van der Waals surface area contributed by atoms with E-state index in [2.05, 4.69) is 5.32 Å². The molecule has 6 rings (SSSR count). The monoisotopic (exact) mass is 757 g/mol. The van der Waals surface area contributed by atoms with E-state index in [9.17, 15) is 19.2 Å². The Morgan fingerprint density at radius 1 is 0.812 bits per heavy atom. The van der Waals surface area contributed by atoms with Crippen molar-refractivity contribution in [3.05, 3.63) is 114 Å². The lowest BCUT2D eigenvalue weighted by Gasteiger charge is -2.47. The number of nitrogens with zero attached hydrogens (tertiary/aromatic N) is 4. The van der Waals surface area contributed by atoms with Gasteiger partial charge in [-0.2, -0.15) is 0 Å². The quantitative estimate of drug-likeness (QED) is 0.242. The first-order chi connectivity index (χ1) is 22.5. The molecular weight excluding hydrogens is 717 g/mol. The van der Waals surface area contributed by atoms with Crippen LogP contribution in [0.3, 0.4) is 0 Å². The second-order valence-corrected chi connectivity index (χ2v) is 12.9. The number of piperazine rings is 1. The van der Waals surface area contributed by atoms with E-state index in [1.165, 1.54) is 0 Å². The highest BCUT2D eigenvalue weighted by atomic mass is 127. The van der Waals surface area contributed by atoms with Crippen LogP contribution in [0.1, 0.15) is 39.6 Å². The molecular formula is C38H40IN5O4. The molecule has 2 heterocycles. The van der Waals surface area contributed by atoms with E-state index in [0.29, 0.717) is 52.3 Å². The van der Waals surface area contributed by atoms with E-state index in [4.69, 9.17) is 0 Å². The highest BCUT2D eigenvalue weighted by Gasteiger charge is 2.43. The predicted molar refractivity (Wildman–Crippen MR) is 184 cm³/mol. The van der Waals surface area contributed by atoms with Crippen molar-refractivity contribution in [3.8, 4) is 11.1 Å². The second-order valence-electron chi connectivity index (χ2n) is 12.9. The number of halogens is 1. The number of aryl methyl sites for hydroxylation is 1. The van der Waals surface area contributed by atoms with Gasteiger partial charge in [0.2, 0.25) is 5.91 Å².